The standard InChI is InChI=1S/C10H19NO/c1-11-8-10(4-5-10)7-9-3-2-6-12-9/h9,11H,2-8H2,1H3. The molecule has 1 N–H and O–H groups in total. The maximum Gasteiger partial charge on any atom is 0.0581 e. The Morgan fingerprint density at radius 3 is 2.83 bits per heavy atom. The first kappa shape index (κ1) is 8.52. The fraction of sp³-hybridized carbons (Fsp3) is 1.00. The Morgan fingerprint density at radius 2 is 2.33 bits per heavy atom. The molecule has 2 fully saturated rings. The summed E-state index contributed by atoms with van der Waals surface area (Å²) >= 11 is 0. The zero-order valence-corrected chi connectivity index (χ0v) is 7.94. The Balaban J connectivity index is 1.77. The predicted molar refractivity (Wildman–Crippen MR) is 49.2 cm³/mol. The van der Waals surface area contributed by atoms with Crippen LogP contribution in [0, 0.1) is 5.41 Å². The van der Waals surface area contributed by atoms with E-state index in [9.17, 15) is 0 Å². The van der Waals surface area contributed by atoms with E-state index in [1.165, 1.54) is 38.6 Å². The molecule has 0 aromatic carbocycles. The molecule has 1 saturated carbocycles. The zero-order valence-electron chi connectivity index (χ0n) is 7.94. The van der Waals surface area contributed by atoms with Crippen molar-refractivity contribution in [1.29, 1.82) is 0 Å². The minimum absolute atomic E-state index is 0.584. The van der Waals surface area contributed by atoms with Crippen molar-refractivity contribution in [2.45, 2.75) is 38.2 Å². The molecule has 12 heavy (non-hydrogen) atoms. The molecular formula is C10H19NO. The Bertz CT molecular complexity index is 148. The quantitative estimate of drug-likeness (QED) is 0.689. The minimum atomic E-state index is 0.584. The van der Waals surface area contributed by atoms with Crippen LogP contribution >= 0.6 is 0 Å². The van der Waals surface area contributed by atoms with Crippen molar-refractivity contribution in [1.82, 2.24) is 5.32 Å². The van der Waals surface area contributed by atoms with Gasteiger partial charge in [-0.15, -0.1) is 0 Å². The maximum atomic E-state index is 5.65. The van der Waals surface area contributed by atoms with Gasteiger partial charge in [0.15, 0.2) is 0 Å². The van der Waals surface area contributed by atoms with Gasteiger partial charge in [0.25, 0.3) is 0 Å². The molecule has 1 atom stereocenters. The normalized spacial score (nSPS) is 32.2. The number of hydrogen-bond donors (Lipinski definition) is 1. The zero-order chi connectivity index (χ0) is 8.44. The molecule has 1 unspecified atom stereocenters. The fourth-order valence-electron chi connectivity index (χ4n) is 2.29. The molecule has 1 aliphatic heterocycles. The number of hydrogen-bond acceptors (Lipinski definition) is 2. The summed E-state index contributed by atoms with van der Waals surface area (Å²) in [6, 6.07) is 0. The summed E-state index contributed by atoms with van der Waals surface area (Å²) in [7, 11) is 2.05. The van der Waals surface area contributed by atoms with Crippen LogP contribution < -0.4 is 5.32 Å². The Kier molecular flexibility index (Phi) is 2.37. The smallest absolute Gasteiger partial charge is 0.0581 e. The molecule has 0 radical (unpaired) electrons. The van der Waals surface area contributed by atoms with E-state index in [0.29, 0.717) is 11.5 Å². The van der Waals surface area contributed by atoms with Gasteiger partial charge in [-0.05, 0) is 44.6 Å². The van der Waals surface area contributed by atoms with Gasteiger partial charge in [-0.1, -0.05) is 0 Å². The molecule has 1 aliphatic carbocycles. The van der Waals surface area contributed by atoms with Gasteiger partial charge in [0.2, 0.25) is 0 Å². The van der Waals surface area contributed by atoms with Crippen LogP contribution in [0.3, 0.4) is 0 Å². The highest BCUT2D eigenvalue weighted by atomic mass is 16.5. The molecule has 1 heterocycles. The van der Waals surface area contributed by atoms with Crippen molar-refractivity contribution in [2.24, 2.45) is 5.41 Å². The van der Waals surface area contributed by atoms with E-state index in [-0.39, 0.29) is 0 Å². The summed E-state index contributed by atoms with van der Waals surface area (Å²) < 4.78 is 5.65. The van der Waals surface area contributed by atoms with Crippen molar-refractivity contribution in [2.75, 3.05) is 20.2 Å². The third-order valence-corrected chi connectivity index (χ3v) is 3.19. The van der Waals surface area contributed by atoms with E-state index in [1.54, 1.807) is 0 Å². The third kappa shape index (κ3) is 1.80. The second-order valence-electron chi connectivity index (χ2n) is 4.37. The molecule has 0 aromatic heterocycles. The number of nitrogens with one attached hydrogen (secondary N) is 1. The molecule has 2 heteroatoms. The Morgan fingerprint density at radius 1 is 1.50 bits per heavy atom. The van der Waals surface area contributed by atoms with Crippen LogP contribution in [0.1, 0.15) is 32.1 Å². The number of rotatable bonds is 4. The SMILES string of the molecule is CNCC1(CC2CCCO2)CC1. The van der Waals surface area contributed by atoms with Crippen LogP contribution in [-0.2, 0) is 4.74 Å². The molecule has 2 aliphatic rings. The van der Waals surface area contributed by atoms with Gasteiger partial charge in [-0.2, -0.15) is 0 Å². The van der Waals surface area contributed by atoms with E-state index < -0.39 is 0 Å². The van der Waals surface area contributed by atoms with Gasteiger partial charge in [-0.3, -0.25) is 0 Å². The van der Waals surface area contributed by atoms with Crippen LogP contribution in [0.25, 0.3) is 0 Å². The second kappa shape index (κ2) is 3.35. The largest absolute Gasteiger partial charge is 0.378 e. The lowest BCUT2D eigenvalue weighted by molar-refractivity contribution is 0.0855. The van der Waals surface area contributed by atoms with Crippen LogP contribution in [0.2, 0.25) is 0 Å². The van der Waals surface area contributed by atoms with Crippen molar-refractivity contribution in [3.05, 3.63) is 0 Å². The van der Waals surface area contributed by atoms with Gasteiger partial charge >= 0.3 is 0 Å². The van der Waals surface area contributed by atoms with E-state index in [0.717, 1.165) is 6.61 Å². The Hall–Kier alpha value is -0.0800. The van der Waals surface area contributed by atoms with Crippen LogP contribution in [0.5, 0.6) is 0 Å². The first-order valence-corrected chi connectivity index (χ1v) is 5.11. The summed E-state index contributed by atoms with van der Waals surface area (Å²) in [5.74, 6) is 0. The summed E-state index contributed by atoms with van der Waals surface area (Å²) in [4.78, 5) is 0. The van der Waals surface area contributed by atoms with Gasteiger partial charge in [0, 0.05) is 13.2 Å². The summed E-state index contributed by atoms with van der Waals surface area (Å²) in [5.41, 5.74) is 0.629. The topological polar surface area (TPSA) is 21.3 Å². The van der Waals surface area contributed by atoms with Crippen molar-refractivity contribution in [3.63, 3.8) is 0 Å². The van der Waals surface area contributed by atoms with E-state index in [2.05, 4.69) is 12.4 Å². The molecule has 0 aromatic rings. The molecule has 0 amide bonds. The van der Waals surface area contributed by atoms with Gasteiger partial charge < -0.3 is 10.1 Å². The van der Waals surface area contributed by atoms with Crippen molar-refractivity contribution in [3.8, 4) is 0 Å². The predicted octanol–water partition coefficient (Wildman–Crippen LogP) is 1.56. The lowest BCUT2D eigenvalue weighted by Gasteiger charge is -2.18. The first-order valence-electron chi connectivity index (χ1n) is 5.11. The molecule has 1 saturated heterocycles. The van der Waals surface area contributed by atoms with Crippen molar-refractivity contribution >= 4 is 0 Å². The average molecular weight is 169 g/mol. The summed E-state index contributed by atoms with van der Waals surface area (Å²) in [5, 5.41) is 3.29. The summed E-state index contributed by atoms with van der Waals surface area (Å²) in [6.45, 7) is 2.19. The second-order valence-corrected chi connectivity index (χ2v) is 4.37. The highest BCUT2D eigenvalue weighted by Gasteiger charge is 2.43. The van der Waals surface area contributed by atoms with Crippen LogP contribution in [0.15, 0.2) is 0 Å². The molecule has 0 spiro atoms. The number of ether oxygens (including phenoxy) is 1. The van der Waals surface area contributed by atoms with E-state index in [1.807, 2.05) is 0 Å². The summed E-state index contributed by atoms with van der Waals surface area (Å²) in [6.07, 6.45) is 7.28. The Labute approximate surface area is 74.7 Å². The third-order valence-electron chi connectivity index (χ3n) is 3.19. The van der Waals surface area contributed by atoms with Crippen LogP contribution in [-0.4, -0.2) is 26.3 Å². The average Bonchev–Trinajstić information content (AvgIpc) is 2.63. The van der Waals surface area contributed by atoms with Gasteiger partial charge in [-0.25, -0.2) is 0 Å². The monoisotopic (exact) mass is 169 g/mol. The maximum absolute atomic E-state index is 5.65. The molecule has 2 rings (SSSR count). The highest BCUT2D eigenvalue weighted by Crippen LogP contribution is 2.50. The molecule has 2 nitrogen and oxygen atoms in total. The highest BCUT2D eigenvalue weighted by molar-refractivity contribution is 4.96. The molecule has 70 valence electrons. The van der Waals surface area contributed by atoms with E-state index >= 15 is 0 Å². The lowest BCUT2D eigenvalue weighted by atomic mass is 9.97. The minimum Gasteiger partial charge on any atom is -0.378 e. The first-order chi connectivity index (χ1) is 5.85. The van der Waals surface area contributed by atoms with Crippen molar-refractivity contribution < 1.29 is 4.74 Å². The molecular weight excluding hydrogens is 150 g/mol. The lowest BCUT2D eigenvalue weighted by Crippen LogP contribution is -2.24. The van der Waals surface area contributed by atoms with Gasteiger partial charge in [0.05, 0.1) is 6.10 Å². The van der Waals surface area contributed by atoms with Crippen LogP contribution in [0.4, 0.5) is 0 Å². The molecule has 0 bridgehead atoms. The van der Waals surface area contributed by atoms with E-state index in [4.69, 9.17) is 4.74 Å². The van der Waals surface area contributed by atoms with Gasteiger partial charge in [0.1, 0.15) is 0 Å². The fourth-order valence-corrected chi connectivity index (χ4v) is 2.29.